The average Bonchev–Trinajstić information content (AvgIpc) is 2.37. The second-order valence-electron chi connectivity index (χ2n) is 3.82. The van der Waals surface area contributed by atoms with E-state index in [1.807, 2.05) is 12.1 Å². The first-order chi connectivity index (χ1) is 8.88. The zero-order valence-corrected chi connectivity index (χ0v) is 12.7. The zero-order valence-electron chi connectivity index (χ0n) is 10.4. The fraction of sp³-hybridized carbons (Fsp3) is 0.308. The van der Waals surface area contributed by atoms with Crippen molar-refractivity contribution in [3.05, 3.63) is 42.5 Å². The summed E-state index contributed by atoms with van der Waals surface area (Å²) in [5, 5.41) is 0. The normalized spacial score (nSPS) is 10.9. The van der Waals surface area contributed by atoms with Crippen LogP contribution in [0.2, 0.25) is 0 Å². The van der Waals surface area contributed by atoms with E-state index in [-0.39, 0.29) is 0 Å². The lowest BCUT2D eigenvalue weighted by atomic mass is 10.2. The molecule has 0 spiro atoms. The summed E-state index contributed by atoms with van der Waals surface area (Å²) in [4.78, 5) is 13.4. The highest BCUT2D eigenvalue weighted by atomic mass is 35.6. The van der Waals surface area contributed by atoms with E-state index in [2.05, 4.69) is 6.58 Å². The Morgan fingerprint density at radius 1 is 1.37 bits per heavy atom. The summed E-state index contributed by atoms with van der Waals surface area (Å²) in [6.07, 6.45) is 1.58. The Labute approximate surface area is 127 Å². The number of hydrogen-bond donors (Lipinski definition) is 0. The van der Waals surface area contributed by atoms with Gasteiger partial charge >= 0.3 is 0 Å². The number of amides is 1. The van der Waals surface area contributed by atoms with Crippen molar-refractivity contribution in [2.45, 2.75) is 10.3 Å². The number of halogens is 3. The van der Waals surface area contributed by atoms with E-state index < -0.39 is 9.70 Å². The SMILES string of the molecule is C=CCN(Cc1ccc(OC)cc1)C(=O)C(Cl)(Cl)Cl. The Morgan fingerprint density at radius 3 is 2.37 bits per heavy atom. The van der Waals surface area contributed by atoms with Crippen LogP contribution in [0, 0.1) is 0 Å². The molecule has 0 unspecified atom stereocenters. The molecule has 104 valence electrons. The molecule has 0 fully saturated rings. The smallest absolute Gasteiger partial charge is 0.275 e. The van der Waals surface area contributed by atoms with Crippen molar-refractivity contribution in [1.29, 1.82) is 0 Å². The molecule has 1 aromatic carbocycles. The van der Waals surface area contributed by atoms with Crippen molar-refractivity contribution >= 4 is 40.7 Å². The third-order valence-electron chi connectivity index (χ3n) is 2.41. The van der Waals surface area contributed by atoms with Crippen LogP contribution in [0.5, 0.6) is 5.75 Å². The molecule has 1 rings (SSSR count). The number of carbonyl (C=O) groups excluding carboxylic acids is 1. The first-order valence-corrected chi connectivity index (χ1v) is 6.61. The second-order valence-corrected chi connectivity index (χ2v) is 6.10. The first-order valence-electron chi connectivity index (χ1n) is 5.48. The van der Waals surface area contributed by atoms with Crippen molar-refractivity contribution in [2.75, 3.05) is 13.7 Å². The molecular weight excluding hydrogens is 309 g/mol. The number of carbonyl (C=O) groups is 1. The number of nitrogens with zero attached hydrogens (tertiary/aromatic N) is 1. The van der Waals surface area contributed by atoms with E-state index in [4.69, 9.17) is 39.5 Å². The third-order valence-corrected chi connectivity index (χ3v) is 2.90. The van der Waals surface area contributed by atoms with E-state index in [9.17, 15) is 4.79 Å². The van der Waals surface area contributed by atoms with Gasteiger partial charge in [-0.2, -0.15) is 0 Å². The molecule has 1 aromatic rings. The molecule has 19 heavy (non-hydrogen) atoms. The molecule has 0 aliphatic rings. The van der Waals surface area contributed by atoms with Gasteiger partial charge < -0.3 is 9.64 Å². The fourth-order valence-corrected chi connectivity index (χ4v) is 1.86. The van der Waals surface area contributed by atoms with Gasteiger partial charge in [0.1, 0.15) is 5.75 Å². The van der Waals surface area contributed by atoms with Crippen molar-refractivity contribution in [3.8, 4) is 5.75 Å². The number of benzene rings is 1. The molecule has 0 aliphatic heterocycles. The Kier molecular flexibility index (Phi) is 5.98. The summed E-state index contributed by atoms with van der Waals surface area (Å²) in [6.45, 7) is 4.23. The second kappa shape index (κ2) is 7.04. The van der Waals surface area contributed by atoms with E-state index in [1.54, 1.807) is 25.3 Å². The van der Waals surface area contributed by atoms with Crippen LogP contribution in [0.3, 0.4) is 0 Å². The molecule has 0 N–H and O–H groups in total. The monoisotopic (exact) mass is 321 g/mol. The highest BCUT2D eigenvalue weighted by Gasteiger charge is 2.34. The lowest BCUT2D eigenvalue weighted by molar-refractivity contribution is -0.130. The predicted molar refractivity (Wildman–Crippen MR) is 78.9 cm³/mol. The first kappa shape index (κ1) is 16.2. The molecule has 0 aromatic heterocycles. The molecule has 0 heterocycles. The fourth-order valence-electron chi connectivity index (χ4n) is 1.51. The highest BCUT2D eigenvalue weighted by Crippen LogP contribution is 2.29. The van der Waals surface area contributed by atoms with Gasteiger partial charge in [0, 0.05) is 13.1 Å². The molecule has 3 nitrogen and oxygen atoms in total. The number of methoxy groups -OCH3 is 1. The van der Waals surface area contributed by atoms with E-state index in [1.165, 1.54) is 4.90 Å². The maximum Gasteiger partial charge on any atom is 0.275 e. The van der Waals surface area contributed by atoms with Crippen molar-refractivity contribution in [2.24, 2.45) is 0 Å². The Bertz CT molecular complexity index is 440. The van der Waals surface area contributed by atoms with Crippen LogP contribution in [0.15, 0.2) is 36.9 Å². The molecule has 0 saturated carbocycles. The lowest BCUT2D eigenvalue weighted by Gasteiger charge is -2.24. The van der Waals surface area contributed by atoms with E-state index in [0.717, 1.165) is 11.3 Å². The van der Waals surface area contributed by atoms with Gasteiger partial charge in [-0.25, -0.2) is 0 Å². The molecule has 6 heteroatoms. The largest absolute Gasteiger partial charge is 0.497 e. The van der Waals surface area contributed by atoms with Crippen LogP contribution in [0.1, 0.15) is 5.56 Å². The average molecular weight is 323 g/mol. The number of alkyl halides is 3. The summed E-state index contributed by atoms with van der Waals surface area (Å²) in [5.74, 6) is 0.167. The Hall–Kier alpha value is -0.900. The third kappa shape index (κ3) is 4.94. The van der Waals surface area contributed by atoms with Crippen LogP contribution >= 0.6 is 34.8 Å². The molecular formula is C13H14Cl3NO2. The lowest BCUT2D eigenvalue weighted by Crippen LogP contribution is -2.39. The minimum atomic E-state index is -1.96. The Balaban J connectivity index is 2.83. The van der Waals surface area contributed by atoms with Crippen LogP contribution < -0.4 is 4.74 Å². The van der Waals surface area contributed by atoms with E-state index >= 15 is 0 Å². The van der Waals surface area contributed by atoms with Crippen LogP contribution in [-0.4, -0.2) is 28.3 Å². The summed E-state index contributed by atoms with van der Waals surface area (Å²) >= 11 is 16.8. The van der Waals surface area contributed by atoms with Gasteiger partial charge in [-0.1, -0.05) is 53.0 Å². The van der Waals surface area contributed by atoms with Gasteiger partial charge in [-0.15, -0.1) is 6.58 Å². The van der Waals surface area contributed by atoms with Crippen molar-refractivity contribution < 1.29 is 9.53 Å². The summed E-state index contributed by atoms with van der Waals surface area (Å²) in [6, 6.07) is 7.31. The van der Waals surface area contributed by atoms with Crippen LogP contribution in [0.4, 0.5) is 0 Å². The van der Waals surface area contributed by atoms with Gasteiger partial charge in [0.15, 0.2) is 0 Å². The number of ether oxygens (including phenoxy) is 1. The van der Waals surface area contributed by atoms with Crippen molar-refractivity contribution in [1.82, 2.24) is 4.90 Å². The van der Waals surface area contributed by atoms with Crippen LogP contribution in [-0.2, 0) is 11.3 Å². The minimum absolute atomic E-state index is 0.304. The zero-order chi connectivity index (χ0) is 14.5. The van der Waals surface area contributed by atoms with Gasteiger partial charge in [-0.3, -0.25) is 4.79 Å². The van der Waals surface area contributed by atoms with Gasteiger partial charge in [-0.05, 0) is 17.7 Å². The highest BCUT2D eigenvalue weighted by molar-refractivity contribution is 6.76. The summed E-state index contributed by atoms with van der Waals surface area (Å²) < 4.78 is 3.10. The molecule has 0 radical (unpaired) electrons. The molecule has 0 saturated heterocycles. The molecule has 0 aliphatic carbocycles. The van der Waals surface area contributed by atoms with Crippen molar-refractivity contribution in [3.63, 3.8) is 0 Å². The maximum absolute atomic E-state index is 11.9. The Morgan fingerprint density at radius 2 is 1.95 bits per heavy atom. The number of rotatable bonds is 5. The maximum atomic E-state index is 11.9. The topological polar surface area (TPSA) is 29.5 Å². The summed E-state index contributed by atoms with van der Waals surface area (Å²) in [5.41, 5.74) is 0.908. The molecule has 0 bridgehead atoms. The van der Waals surface area contributed by atoms with Gasteiger partial charge in [0.05, 0.1) is 7.11 Å². The standard InChI is InChI=1S/C13H14Cl3NO2/c1-3-8-17(12(18)13(14,15)16)9-10-4-6-11(19-2)7-5-10/h3-7H,1,8-9H2,2H3. The molecule has 1 amide bonds. The summed E-state index contributed by atoms with van der Waals surface area (Å²) in [7, 11) is 1.59. The quantitative estimate of drug-likeness (QED) is 0.612. The predicted octanol–water partition coefficient (Wildman–Crippen LogP) is 3.58. The van der Waals surface area contributed by atoms with Gasteiger partial charge in [0.2, 0.25) is 0 Å². The van der Waals surface area contributed by atoms with Crippen LogP contribution in [0.25, 0.3) is 0 Å². The van der Waals surface area contributed by atoms with E-state index in [0.29, 0.717) is 13.1 Å². The molecule has 0 atom stereocenters. The minimum Gasteiger partial charge on any atom is -0.497 e. The van der Waals surface area contributed by atoms with Gasteiger partial charge in [0.25, 0.3) is 9.70 Å². The number of hydrogen-bond acceptors (Lipinski definition) is 2.